The number of carbonyl (C=O) groups excluding carboxylic acids is 3. The molecular weight excluding hydrogens is 402 g/mol. The Morgan fingerprint density at radius 1 is 1.06 bits per heavy atom. The number of amides is 4. The third-order valence-corrected chi connectivity index (χ3v) is 6.98. The number of nitrogens with zero attached hydrogens (tertiary/aromatic N) is 1. The van der Waals surface area contributed by atoms with Gasteiger partial charge in [-0.3, -0.25) is 14.5 Å². The van der Waals surface area contributed by atoms with Crippen LogP contribution < -0.4 is 10.6 Å². The quantitative estimate of drug-likeness (QED) is 0.662. The van der Waals surface area contributed by atoms with Crippen molar-refractivity contribution in [3.8, 4) is 11.1 Å². The minimum absolute atomic E-state index is 0.234. The fraction of sp³-hybridized carbons (Fsp3) is 0.423. The lowest BCUT2D eigenvalue weighted by atomic mass is 9.75. The lowest BCUT2D eigenvalue weighted by Crippen LogP contribution is -2.50. The van der Waals surface area contributed by atoms with Gasteiger partial charge in [-0.25, -0.2) is 4.79 Å². The number of carbonyl (C=O) groups is 3. The molecule has 1 heterocycles. The second-order valence-corrected chi connectivity index (χ2v) is 9.03. The van der Waals surface area contributed by atoms with Crippen molar-refractivity contribution in [3.05, 3.63) is 60.2 Å². The largest absolute Gasteiger partial charge is 0.348 e. The van der Waals surface area contributed by atoms with E-state index >= 15 is 0 Å². The van der Waals surface area contributed by atoms with Gasteiger partial charge < -0.3 is 10.6 Å². The van der Waals surface area contributed by atoms with Gasteiger partial charge in [0.2, 0.25) is 5.91 Å². The van der Waals surface area contributed by atoms with Crippen LogP contribution in [-0.2, 0) is 9.59 Å². The monoisotopic (exact) mass is 433 g/mol. The van der Waals surface area contributed by atoms with Gasteiger partial charge in [-0.05, 0) is 55.2 Å². The molecule has 32 heavy (non-hydrogen) atoms. The van der Waals surface area contributed by atoms with Gasteiger partial charge in [-0.1, -0.05) is 67.9 Å². The standard InChI is InChI=1S/C26H31N3O3/c1-3-19-13-15-26(16-14-19)24(31)29(25(32)28-26)17-23(30)27-18(2)20-9-11-22(12-10-20)21-7-5-4-6-8-21/h4-12,18-19H,3,13-17H2,1-2H3,(H,27,30)(H,28,32). The summed E-state index contributed by atoms with van der Waals surface area (Å²) in [5.41, 5.74) is 2.39. The Bertz CT molecular complexity index is 979. The third kappa shape index (κ3) is 4.40. The van der Waals surface area contributed by atoms with Crippen LogP contribution in [-0.4, -0.2) is 34.8 Å². The Kier molecular flexibility index (Phi) is 6.31. The molecule has 1 atom stereocenters. The first-order valence-electron chi connectivity index (χ1n) is 11.5. The van der Waals surface area contributed by atoms with Gasteiger partial charge in [0.15, 0.2) is 0 Å². The average Bonchev–Trinajstić information content (AvgIpc) is 3.04. The van der Waals surface area contributed by atoms with Crippen molar-refractivity contribution in [2.24, 2.45) is 5.92 Å². The second kappa shape index (κ2) is 9.15. The molecule has 2 aromatic carbocycles. The summed E-state index contributed by atoms with van der Waals surface area (Å²) in [6, 6.07) is 17.4. The highest BCUT2D eigenvalue weighted by atomic mass is 16.2. The maximum absolute atomic E-state index is 13.0. The van der Waals surface area contributed by atoms with Gasteiger partial charge in [-0.2, -0.15) is 0 Å². The van der Waals surface area contributed by atoms with Crippen LogP contribution in [0.1, 0.15) is 57.6 Å². The van der Waals surface area contributed by atoms with Crippen molar-refractivity contribution in [1.82, 2.24) is 15.5 Å². The summed E-state index contributed by atoms with van der Waals surface area (Å²) >= 11 is 0. The Labute approximate surface area is 189 Å². The SMILES string of the molecule is CCC1CCC2(CC1)NC(=O)N(CC(=O)NC(C)c1ccc(-c3ccccc3)cc1)C2=O. The molecule has 1 aliphatic heterocycles. The molecule has 1 aliphatic carbocycles. The maximum Gasteiger partial charge on any atom is 0.325 e. The van der Waals surface area contributed by atoms with E-state index < -0.39 is 11.6 Å². The van der Waals surface area contributed by atoms with E-state index in [1.54, 1.807) is 0 Å². The Morgan fingerprint density at radius 3 is 2.31 bits per heavy atom. The van der Waals surface area contributed by atoms with E-state index in [2.05, 4.69) is 29.7 Å². The van der Waals surface area contributed by atoms with Gasteiger partial charge in [0.05, 0.1) is 6.04 Å². The maximum atomic E-state index is 13.0. The fourth-order valence-electron chi connectivity index (χ4n) is 4.85. The van der Waals surface area contributed by atoms with Crippen molar-refractivity contribution in [2.75, 3.05) is 6.54 Å². The van der Waals surface area contributed by atoms with Gasteiger partial charge in [-0.15, -0.1) is 0 Å². The topological polar surface area (TPSA) is 78.5 Å². The number of nitrogens with one attached hydrogen (secondary N) is 2. The fourth-order valence-corrected chi connectivity index (χ4v) is 4.85. The molecule has 4 amide bonds. The lowest BCUT2D eigenvalue weighted by Gasteiger charge is -2.34. The summed E-state index contributed by atoms with van der Waals surface area (Å²) in [4.78, 5) is 39.2. The van der Waals surface area contributed by atoms with Crippen LogP contribution in [0.15, 0.2) is 54.6 Å². The van der Waals surface area contributed by atoms with E-state index in [1.807, 2.05) is 49.4 Å². The first-order valence-corrected chi connectivity index (χ1v) is 11.5. The molecule has 2 N–H and O–H groups in total. The summed E-state index contributed by atoms with van der Waals surface area (Å²) in [5.74, 6) is 0.0105. The van der Waals surface area contributed by atoms with Crippen LogP contribution in [0.2, 0.25) is 0 Å². The Morgan fingerprint density at radius 2 is 1.69 bits per heavy atom. The van der Waals surface area contributed by atoms with E-state index in [4.69, 9.17) is 0 Å². The lowest BCUT2D eigenvalue weighted by molar-refractivity contribution is -0.136. The number of urea groups is 1. The predicted molar refractivity (Wildman–Crippen MR) is 124 cm³/mol. The zero-order chi connectivity index (χ0) is 22.7. The van der Waals surface area contributed by atoms with Crippen LogP contribution in [0.3, 0.4) is 0 Å². The number of imide groups is 1. The minimum atomic E-state index is -0.818. The minimum Gasteiger partial charge on any atom is -0.348 e. The first-order chi connectivity index (χ1) is 15.4. The van der Waals surface area contributed by atoms with Crippen LogP contribution in [0.4, 0.5) is 4.79 Å². The van der Waals surface area contributed by atoms with Crippen LogP contribution >= 0.6 is 0 Å². The molecule has 1 saturated carbocycles. The van der Waals surface area contributed by atoms with Crippen molar-refractivity contribution in [1.29, 1.82) is 0 Å². The molecular formula is C26H31N3O3. The van der Waals surface area contributed by atoms with Gasteiger partial charge in [0.25, 0.3) is 5.91 Å². The van der Waals surface area contributed by atoms with E-state index in [0.29, 0.717) is 18.8 Å². The number of hydrogen-bond donors (Lipinski definition) is 2. The normalized spacial score (nSPS) is 23.8. The predicted octanol–water partition coefficient (Wildman–Crippen LogP) is 4.42. The van der Waals surface area contributed by atoms with Crippen LogP contribution in [0.5, 0.6) is 0 Å². The molecule has 2 fully saturated rings. The molecule has 0 aromatic heterocycles. The number of hydrogen-bond acceptors (Lipinski definition) is 3. The zero-order valence-corrected chi connectivity index (χ0v) is 18.8. The van der Waals surface area contributed by atoms with Gasteiger partial charge in [0.1, 0.15) is 12.1 Å². The molecule has 2 aliphatic rings. The van der Waals surface area contributed by atoms with Crippen LogP contribution in [0, 0.1) is 5.92 Å². The molecule has 168 valence electrons. The highest BCUT2D eigenvalue weighted by Gasteiger charge is 2.52. The summed E-state index contributed by atoms with van der Waals surface area (Å²) in [7, 11) is 0. The molecule has 1 saturated heterocycles. The number of rotatable bonds is 6. The zero-order valence-electron chi connectivity index (χ0n) is 18.8. The highest BCUT2D eigenvalue weighted by molar-refractivity contribution is 6.09. The summed E-state index contributed by atoms with van der Waals surface area (Å²) in [6.07, 6.45) is 4.25. The molecule has 1 unspecified atom stereocenters. The molecule has 0 bridgehead atoms. The Balaban J connectivity index is 1.35. The van der Waals surface area contributed by atoms with E-state index in [0.717, 1.165) is 40.9 Å². The highest BCUT2D eigenvalue weighted by Crippen LogP contribution is 2.37. The molecule has 6 heteroatoms. The molecule has 1 spiro atoms. The first kappa shape index (κ1) is 22.1. The van der Waals surface area contributed by atoms with E-state index in [1.165, 1.54) is 0 Å². The van der Waals surface area contributed by atoms with Crippen molar-refractivity contribution in [3.63, 3.8) is 0 Å². The van der Waals surface area contributed by atoms with E-state index in [9.17, 15) is 14.4 Å². The smallest absolute Gasteiger partial charge is 0.325 e. The van der Waals surface area contributed by atoms with E-state index in [-0.39, 0.29) is 24.4 Å². The molecule has 0 radical (unpaired) electrons. The average molecular weight is 434 g/mol. The molecule has 2 aromatic rings. The van der Waals surface area contributed by atoms with Gasteiger partial charge in [0, 0.05) is 0 Å². The number of benzene rings is 2. The third-order valence-electron chi connectivity index (χ3n) is 6.98. The summed E-state index contributed by atoms with van der Waals surface area (Å²) < 4.78 is 0. The van der Waals surface area contributed by atoms with Gasteiger partial charge >= 0.3 is 6.03 Å². The molecule has 6 nitrogen and oxygen atoms in total. The Hall–Kier alpha value is -3.15. The van der Waals surface area contributed by atoms with Crippen molar-refractivity contribution in [2.45, 2.75) is 57.5 Å². The molecule has 4 rings (SSSR count). The van der Waals surface area contributed by atoms with Crippen LogP contribution in [0.25, 0.3) is 11.1 Å². The second-order valence-electron chi connectivity index (χ2n) is 9.03. The summed E-state index contributed by atoms with van der Waals surface area (Å²) in [6.45, 7) is 3.80. The van der Waals surface area contributed by atoms with Crippen molar-refractivity contribution >= 4 is 17.8 Å². The summed E-state index contributed by atoms with van der Waals surface area (Å²) in [5, 5.41) is 5.80. The van der Waals surface area contributed by atoms with Crippen molar-refractivity contribution < 1.29 is 14.4 Å².